The van der Waals surface area contributed by atoms with Gasteiger partial charge >= 0.3 is 13.7 Å². The van der Waals surface area contributed by atoms with Crippen LogP contribution in [0.15, 0.2) is 36.4 Å². The standard InChI is InChI=1S/C28H39N6O7P/c1-2-3-18-41-28(37)34-16-14-33(15-17-34)27(36)22(11-19-42(38,39)40)30-26(35)23-20-24(32-12-7-8-13-32)31-25(29-23)21-9-5-4-6-10-21/h4-6,9-10,20,22H,2-3,7-8,11-19H2,1H3,(H,30,35)(H2,38,39,40)/t22-/m0/s1. The molecular formula is C28H39N6O7P. The first-order chi connectivity index (χ1) is 20.1. The molecule has 1 aromatic carbocycles. The first kappa shape index (κ1) is 31.4. The van der Waals surface area contributed by atoms with Gasteiger partial charge in [-0.15, -0.1) is 0 Å². The molecule has 4 rings (SSSR count). The molecule has 2 saturated heterocycles. The first-order valence-corrected chi connectivity index (χ1v) is 16.2. The third kappa shape index (κ3) is 8.73. The summed E-state index contributed by atoms with van der Waals surface area (Å²) in [6, 6.07) is 9.64. The molecular weight excluding hydrogens is 563 g/mol. The lowest BCUT2D eigenvalue weighted by Gasteiger charge is -2.36. The maximum Gasteiger partial charge on any atom is 0.409 e. The zero-order valence-electron chi connectivity index (χ0n) is 23.9. The Morgan fingerprint density at radius 3 is 2.31 bits per heavy atom. The topological polar surface area (TPSA) is 166 Å². The summed E-state index contributed by atoms with van der Waals surface area (Å²) in [4.78, 5) is 72.6. The number of anilines is 1. The molecule has 0 unspecified atom stereocenters. The first-order valence-electron chi connectivity index (χ1n) is 14.4. The van der Waals surface area contributed by atoms with Crippen molar-refractivity contribution < 1.29 is 33.5 Å². The molecule has 1 aromatic heterocycles. The van der Waals surface area contributed by atoms with Crippen molar-refractivity contribution >= 4 is 31.3 Å². The molecule has 1 atom stereocenters. The highest BCUT2D eigenvalue weighted by Gasteiger charge is 2.32. The van der Waals surface area contributed by atoms with Gasteiger partial charge < -0.3 is 34.5 Å². The molecule has 2 fully saturated rings. The fourth-order valence-electron chi connectivity index (χ4n) is 4.89. The fourth-order valence-corrected chi connectivity index (χ4v) is 5.48. The minimum absolute atomic E-state index is 0.0550. The summed E-state index contributed by atoms with van der Waals surface area (Å²) in [7, 11) is -4.45. The van der Waals surface area contributed by atoms with Crippen LogP contribution < -0.4 is 10.2 Å². The molecule has 14 heteroatoms. The third-order valence-corrected chi connectivity index (χ3v) is 8.13. The van der Waals surface area contributed by atoms with Crippen LogP contribution in [0, 0.1) is 0 Å². The summed E-state index contributed by atoms with van der Waals surface area (Å²) in [5.74, 6) is -0.151. The van der Waals surface area contributed by atoms with Gasteiger partial charge in [0, 0.05) is 50.9 Å². The van der Waals surface area contributed by atoms with Crippen LogP contribution in [0.25, 0.3) is 11.4 Å². The van der Waals surface area contributed by atoms with Crippen LogP contribution in [0.2, 0.25) is 0 Å². The van der Waals surface area contributed by atoms with Crippen LogP contribution in [-0.2, 0) is 14.1 Å². The third-order valence-electron chi connectivity index (χ3n) is 7.29. The van der Waals surface area contributed by atoms with Gasteiger partial charge in [-0.05, 0) is 25.7 Å². The molecule has 3 amide bonds. The zero-order valence-corrected chi connectivity index (χ0v) is 24.7. The number of nitrogens with zero attached hydrogens (tertiary/aromatic N) is 5. The van der Waals surface area contributed by atoms with Crippen molar-refractivity contribution in [2.24, 2.45) is 0 Å². The Labute approximate surface area is 245 Å². The Hall–Kier alpha value is -3.54. The number of amides is 3. The largest absolute Gasteiger partial charge is 0.449 e. The van der Waals surface area contributed by atoms with E-state index >= 15 is 0 Å². The van der Waals surface area contributed by atoms with Crippen molar-refractivity contribution in [2.75, 3.05) is 56.9 Å². The summed E-state index contributed by atoms with van der Waals surface area (Å²) in [6.07, 6.45) is 2.41. The van der Waals surface area contributed by atoms with Gasteiger partial charge in [0.05, 0.1) is 12.8 Å². The summed E-state index contributed by atoms with van der Waals surface area (Å²) in [5, 5.41) is 2.68. The lowest BCUT2D eigenvalue weighted by atomic mass is 10.1. The summed E-state index contributed by atoms with van der Waals surface area (Å²) in [6.45, 7) is 4.84. The molecule has 2 aromatic rings. The number of rotatable bonds is 11. The minimum Gasteiger partial charge on any atom is -0.449 e. The van der Waals surface area contributed by atoms with Gasteiger partial charge in [0.1, 0.15) is 17.6 Å². The molecule has 42 heavy (non-hydrogen) atoms. The van der Waals surface area contributed by atoms with Crippen LogP contribution in [0.5, 0.6) is 0 Å². The van der Waals surface area contributed by atoms with Gasteiger partial charge in [0.15, 0.2) is 5.82 Å². The van der Waals surface area contributed by atoms with E-state index in [0.717, 1.165) is 44.3 Å². The van der Waals surface area contributed by atoms with Crippen molar-refractivity contribution in [3.05, 3.63) is 42.1 Å². The summed E-state index contributed by atoms with van der Waals surface area (Å²) >= 11 is 0. The average molecular weight is 603 g/mol. The summed E-state index contributed by atoms with van der Waals surface area (Å²) < 4.78 is 16.9. The van der Waals surface area contributed by atoms with Crippen molar-refractivity contribution in [1.82, 2.24) is 25.1 Å². The van der Waals surface area contributed by atoms with E-state index in [-0.39, 0.29) is 38.3 Å². The van der Waals surface area contributed by atoms with E-state index in [4.69, 9.17) is 4.74 Å². The predicted octanol–water partition coefficient (Wildman–Crippen LogP) is 2.49. The van der Waals surface area contributed by atoms with E-state index in [1.807, 2.05) is 37.3 Å². The molecule has 3 N–H and O–H groups in total. The number of ether oxygens (including phenoxy) is 1. The minimum atomic E-state index is -4.45. The monoisotopic (exact) mass is 602 g/mol. The Bertz CT molecular complexity index is 1280. The van der Waals surface area contributed by atoms with E-state index < -0.39 is 37.7 Å². The fraction of sp³-hybridized carbons (Fsp3) is 0.536. The lowest BCUT2D eigenvalue weighted by molar-refractivity contribution is -0.134. The number of hydrogen-bond acceptors (Lipinski definition) is 8. The smallest absolute Gasteiger partial charge is 0.409 e. The number of hydrogen-bond donors (Lipinski definition) is 3. The van der Waals surface area contributed by atoms with Gasteiger partial charge in [0.2, 0.25) is 5.91 Å². The van der Waals surface area contributed by atoms with Gasteiger partial charge in [-0.3, -0.25) is 14.2 Å². The second-order valence-corrected chi connectivity index (χ2v) is 12.3. The molecule has 0 spiro atoms. The molecule has 3 heterocycles. The lowest BCUT2D eigenvalue weighted by Crippen LogP contribution is -2.56. The van der Waals surface area contributed by atoms with Gasteiger partial charge in [-0.1, -0.05) is 43.7 Å². The number of carbonyl (C=O) groups excluding carboxylic acids is 3. The van der Waals surface area contributed by atoms with Crippen molar-refractivity contribution in [1.29, 1.82) is 0 Å². The maximum atomic E-state index is 13.5. The van der Waals surface area contributed by atoms with Crippen molar-refractivity contribution in [3.63, 3.8) is 0 Å². The van der Waals surface area contributed by atoms with E-state index in [9.17, 15) is 28.7 Å². The summed E-state index contributed by atoms with van der Waals surface area (Å²) in [5.41, 5.74) is 0.784. The van der Waals surface area contributed by atoms with Crippen LogP contribution in [0.1, 0.15) is 49.5 Å². The number of nitrogens with one attached hydrogen (secondary N) is 1. The molecule has 0 radical (unpaired) electrons. The number of unbranched alkanes of at least 4 members (excludes halogenated alkanes) is 1. The highest BCUT2D eigenvalue weighted by Crippen LogP contribution is 2.35. The Morgan fingerprint density at radius 2 is 1.67 bits per heavy atom. The zero-order chi connectivity index (χ0) is 30.1. The van der Waals surface area contributed by atoms with Gasteiger partial charge in [-0.2, -0.15) is 0 Å². The molecule has 2 aliphatic rings. The number of piperazine rings is 1. The van der Waals surface area contributed by atoms with Crippen LogP contribution in [0.4, 0.5) is 10.6 Å². The van der Waals surface area contributed by atoms with E-state index in [2.05, 4.69) is 20.2 Å². The maximum absolute atomic E-state index is 13.5. The second-order valence-electron chi connectivity index (χ2n) is 10.5. The molecule has 0 saturated carbocycles. The van der Waals surface area contributed by atoms with Crippen LogP contribution in [-0.4, -0.2) is 106 Å². The SMILES string of the molecule is CCCCOC(=O)N1CCN(C(=O)[C@H](CCP(=O)(O)O)NC(=O)c2cc(N3CCCC3)nc(-c3ccccc3)n2)CC1. The number of aromatic nitrogens is 2. The molecule has 2 aliphatic heterocycles. The normalized spacial score (nSPS) is 16.3. The predicted molar refractivity (Wildman–Crippen MR) is 156 cm³/mol. The van der Waals surface area contributed by atoms with Crippen LogP contribution >= 0.6 is 7.60 Å². The van der Waals surface area contributed by atoms with E-state index in [1.165, 1.54) is 9.80 Å². The Balaban J connectivity index is 1.50. The highest BCUT2D eigenvalue weighted by molar-refractivity contribution is 7.51. The van der Waals surface area contributed by atoms with Gasteiger partial charge in [-0.25, -0.2) is 14.8 Å². The quantitative estimate of drug-likeness (QED) is 0.257. The van der Waals surface area contributed by atoms with Crippen molar-refractivity contribution in [2.45, 2.75) is 45.1 Å². The number of benzene rings is 1. The van der Waals surface area contributed by atoms with E-state index in [1.54, 1.807) is 6.07 Å². The molecule has 228 valence electrons. The number of carbonyl (C=O) groups is 3. The van der Waals surface area contributed by atoms with E-state index in [0.29, 0.717) is 18.2 Å². The highest BCUT2D eigenvalue weighted by atomic mass is 31.2. The Morgan fingerprint density at radius 1 is 1.00 bits per heavy atom. The molecule has 0 bridgehead atoms. The van der Waals surface area contributed by atoms with Crippen molar-refractivity contribution in [3.8, 4) is 11.4 Å². The average Bonchev–Trinajstić information content (AvgIpc) is 3.54. The second kappa shape index (κ2) is 14.6. The Kier molecular flexibility index (Phi) is 10.9. The van der Waals surface area contributed by atoms with Crippen LogP contribution in [0.3, 0.4) is 0 Å². The molecule has 0 aliphatic carbocycles. The molecule has 13 nitrogen and oxygen atoms in total. The van der Waals surface area contributed by atoms with Gasteiger partial charge in [0.25, 0.3) is 5.91 Å².